The summed E-state index contributed by atoms with van der Waals surface area (Å²) < 4.78 is -0.427. The highest BCUT2D eigenvalue weighted by molar-refractivity contribution is 6.30. The number of nitrogens with zero attached hydrogens (tertiary/aromatic N) is 3. The van der Waals surface area contributed by atoms with E-state index in [1.54, 1.807) is 24.3 Å². The van der Waals surface area contributed by atoms with Gasteiger partial charge in [0, 0.05) is 11.4 Å². The van der Waals surface area contributed by atoms with E-state index in [9.17, 15) is 5.21 Å². The Bertz CT molecular complexity index is 525. The van der Waals surface area contributed by atoms with Crippen LogP contribution in [0.3, 0.4) is 0 Å². The largest absolute Gasteiger partial charge is 0.356 e. The number of halogens is 1. The first-order valence-electron chi connectivity index (χ1n) is 7.16. The molecular weight excluding hydrogens is 290 g/mol. The lowest BCUT2D eigenvalue weighted by molar-refractivity contribution is -1.17. The molecule has 1 atom stereocenters. The molecule has 1 aromatic carbocycles. The van der Waals surface area contributed by atoms with E-state index in [0.29, 0.717) is 17.4 Å². The molecule has 21 heavy (non-hydrogen) atoms. The van der Waals surface area contributed by atoms with Gasteiger partial charge in [-0.15, -0.1) is 0 Å². The molecule has 0 bridgehead atoms. The zero-order chi connectivity index (χ0) is 15.7. The van der Waals surface area contributed by atoms with Crippen molar-refractivity contribution in [2.75, 3.05) is 6.67 Å². The van der Waals surface area contributed by atoms with Gasteiger partial charge in [0.05, 0.1) is 5.17 Å². The Morgan fingerprint density at radius 2 is 1.95 bits per heavy atom. The Morgan fingerprint density at radius 1 is 1.33 bits per heavy atom. The minimum absolute atomic E-state index is 0.297. The van der Waals surface area contributed by atoms with Crippen LogP contribution in [0.15, 0.2) is 29.3 Å². The number of hydrogen-bond donors (Lipinski definition) is 1. The predicted molar refractivity (Wildman–Crippen MR) is 82.9 cm³/mol. The molecule has 1 unspecified atom stereocenters. The highest BCUT2D eigenvalue weighted by atomic mass is 35.5. The molecular formula is C15H23ClN3O2+. The normalized spacial score (nSPS) is 23.2. The van der Waals surface area contributed by atoms with Gasteiger partial charge in [0.25, 0.3) is 5.84 Å². The third-order valence-electron chi connectivity index (χ3n) is 3.49. The zero-order valence-electron chi connectivity index (χ0n) is 13.0. The van der Waals surface area contributed by atoms with Crippen molar-refractivity contribution in [1.29, 1.82) is 0 Å². The maximum Gasteiger partial charge on any atom is 0.256 e. The standard InChI is InChI=1S/C15H23ClN3O2/c1-5-6-14-17-11-18(19(14,20)15(2,3)4)21-13-9-7-12(16)8-10-13/h7-10,20H,5-6,11H2,1-4H3/q+1. The summed E-state index contributed by atoms with van der Waals surface area (Å²) in [5.74, 6) is 1.34. The van der Waals surface area contributed by atoms with E-state index < -0.39 is 10.3 Å². The van der Waals surface area contributed by atoms with Crippen molar-refractivity contribution in [3.05, 3.63) is 29.3 Å². The molecule has 1 aliphatic heterocycles. The molecule has 0 fully saturated rings. The van der Waals surface area contributed by atoms with Gasteiger partial charge in [-0.3, -0.25) is 0 Å². The number of hydrogen-bond acceptors (Lipinski definition) is 4. The smallest absolute Gasteiger partial charge is 0.256 e. The first-order valence-corrected chi connectivity index (χ1v) is 7.54. The molecule has 0 radical (unpaired) electrons. The maximum atomic E-state index is 11.2. The molecule has 2 rings (SSSR count). The lowest BCUT2D eigenvalue weighted by atomic mass is 10.1. The number of amidine groups is 1. The summed E-state index contributed by atoms with van der Waals surface area (Å²) in [5, 5.41) is 13.3. The van der Waals surface area contributed by atoms with E-state index >= 15 is 0 Å². The van der Waals surface area contributed by atoms with Crippen molar-refractivity contribution < 1.29 is 14.8 Å². The summed E-state index contributed by atoms with van der Waals surface area (Å²) in [5.41, 5.74) is -0.475. The van der Waals surface area contributed by atoms with E-state index in [0.717, 1.165) is 18.7 Å². The fraction of sp³-hybridized carbons (Fsp3) is 0.533. The summed E-state index contributed by atoms with van der Waals surface area (Å²) in [6, 6.07) is 7.05. The van der Waals surface area contributed by atoms with Gasteiger partial charge in [-0.1, -0.05) is 18.5 Å². The van der Waals surface area contributed by atoms with Gasteiger partial charge < -0.3 is 4.84 Å². The van der Waals surface area contributed by atoms with Crippen LogP contribution in [-0.4, -0.2) is 33.2 Å². The van der Waals surface area contributed by atoms with Crippen LogP contribution >= 0.6 is 11.6 Å². The molecule has 0 spiro atoms. The molecule has 5 nitrogen and oxygen atoms in total. The zero-order valence-corrected chi connectivity index (χ0v) is 13.8. The summed E-state index contributed by atoms with van der Waals surface area (Å²) in [6.07, 6.45) is 1.65. The number of aliphatic imine (C=N–C) groups is 1. The Morgan fingerprint density at radius 3 is 2.48 bits per heavy atom. The lowest BCUT2D eigenvalue weighted by Gasteiger charge is -2.40. The third-order valence-corrected chi connectivity index (χ3v) is 3.74. The van der Waals surface area contributed by atoms with Crippen LogP contribution in [0, 0.1) is 0 Å². The Labute approximate surface area is 130 Å². The van der Waals surface area contributed by atoms with Crippen LogP contribution in [0.5, 0.6) is 5.75 Å². The molecule has 1 aliphatic rings. The quantitative estimate of drug-likeness (QED) is 0.854. The second kappa shape index (κ2) is 5.93. The topological polar surface area (TPSA) is 45.1 Å². The summed E-state index contributed by atoms with van der Waals surface area (Å²) >= 11 is 5.88. The first-order chi connectivity index (χ1) is 9.79. The Hall–Kier alpha value is -1.14. The van der Waals surface area contributed by atoms with Crippen molar-refractivity contribution in [2.45, 2.75) is 46.1 Å². The fourth-order valence-electron chi connectivity index (χ4n) is 2.35. The van der Waals surface area contributed by atoms with E-state index in [4.69, 9.17) is 16.4 Å². The number of hydroxylamine groups is 3. The van der Waals surface area contributed by atoms with Crippen LogP contribution in [0.4, 0.5) is 0 Å². The fourth-order valence-corrected chi connectivity index (χ4v) is 2.47. The van der Waals surface area contributed by atoms with Crippen molar-refractivity contribution >= 4 is 17.4 Å². The van der Waals surface area contributed by atoms with E-state index in [1.807, 2.05) is 20.8 Å². The van der Waals surface area contributed by atoms with Gasteiger partial charge in [0.1, 0.15) is 0 Å². The van der Waals surface area contributed by atoms with Crippen molar-refractivity contribution in [3.63, 3.8) is 0 Å². The molecule has 1 N–H and O–H groups in total. The van der Waals surface area contributed by atoms with Crippen LogP contribution < -0.4 is 4.84 Å². The molecule has 1 aromatic rings. The average Bonchev–Trinajstić information content (AvgIpc) is 2.72. The molecule has 6 heteroatoms. The van der Waals surface area contributed by atoms with Gasteiger partial charge >= 0.3 is 0 Å². The molecule has 0 amide bonds. The van der Waals surface area contributed by atoms with Gasteiger partial charge in [-0.05, 0) is 56.2 Å². The predicted octanol–water partition coefficient (Wildman–Crippen LogP) is 4.03. The van der Waals surface area contributed by atoms with Crippen molar-refractivity contribution in [2.24, 2.45) is 4.99 Å². The van der Waals surface area contributed by atoms with Crippen LogP contribution in [0.1, 0.15) is 40.5 Å². The van der Waals surface area contributed by atoms with Crippen molar-refractivity contribution in [1.82, 2.24) is 5.17 Å². The SMILES string of the molecule is CCCC1=NCN(Oc2ccc(Cl)cc2)[N+]1(O)C(C)(C)C. The maximum absolute atomic E-state index is 11.2. The molecule has 0 aromatic heterocycles. The minimum atomic E-state index is -0.475. The number of rotatable bonds is 4. The number of quaternary nitrogens is 1. The molecule has 1 heterocycles. The molecule has 0 saturated heterocycles. The third kappa shape index (κ3) is 3.06. The van der Waals surface area contributed by atoms with Crippen LogP contribution in [0.2, 0.25) is 5.02 Å². The Kier molecular flexibility index (Phi) is 4.58. The lowest BCUT2D eigenvalue weighted by Crippen LogP contribution is -2.68. The highest BCUT2D eigenvalue weighted by Crippen LogP contribution is 2.32. The van der Waals surface area contributed by atoms with Gasteiger partial charge in [0.2, 0.25) is 0 Å². The van der Waals surface area contributed by atoms with Gasteiger partial charge in [0.15, 0.2) is 18.0 Å². The number of benzene rings is 1. The van der Waals surface area contributed by atoms with E-state index in [1.165, 1.54) is 5.17 Å². The molecule has 116 valence electrons. The summed E-state index contributed by atoms with van der Waals surface area (Å²) in [4.78, 5) is 10.3. The molecule has 0 saturated carbocycles. The van der Waals surface area contributed by atoms with E-state index in [-0.39, 0.29) is 0 Å². The highest BCUT2D eigenvalue weighted by Gasteiger charge is 2.56. The minimum Gasteiger partial charge on any atom is -0.356 e. The summed E-state index contributed by atoms with van der Waals surface area (Å²) in [6.45, 7) is 8.25. The average molecular weight is 313 g/mol. The summed E-state index contributed by atoms with van der Waals surface area (Å²) in [7, 11) is 0. The second-order valence-corrected chi connectivity index (χ2v) is 6.57. The van der Waals surface area contributed by atoms with Crippen LogP contribution in [-0.2, 0) is 0 Å². The van der Waals surface area contributed by atoms with Gasteiger partial charge in [-0.25, -0.2) is 4.99 Å². The molecule has 0 aliphatic carbocycles. The first kappa shape index (κ1) is 16.2. The Balaban J connectivity index is 2.25. The van der Waals surface area contributed by atoms with Gasteiger partial charge in [-0.2, -0.15) is 5.21 Å². The van der Waals surface area contributed by atoms with E-state index in [2.05, 4.69) is 11.9 Å². The monoisotopic (exact) mass is 312 g/mol. The second-order valence-electron chi connectivity index (χ2n) is 6.14. The van der Waals surface area contributed by atoms with Crippen molar-refractivity contribution in [3.8, 4) is 5.75 Å². The van der Waals surface area contributed by atoms with Crippen LogP contribution in [0.25, 0.3) is 0 Å².